The summed E-state index contributed by atoms with van der Waals surface area (Å²) in [7, 11) is 3.99. The fraction of sp³-hybridized carbons (Fsp3) is 0.500. The molecule has 0 radical (unpaired) electrons. The Balaban J connectivity index is 2.25. The number of carbonyl (C=O) groups excluding carboxylic acids is 2. The van der Waals surface area contributed by atoms with Crippen molar-refractivity contribution >= 4 is 11.8 Å². The molecule has 20 heavy (non-hydrogen) atoms. The summed E-state index contributed by atoms with van der Waals surface area (Å²) in [5.74, 6) is -0.336. The number of imide groups is 1. The molecule has 1 aromatic carbocycles. The summed E-state index contributed by atoms with van der Waals surface area (Å²) in [4.78, 5) is 28.2. The summed E-state index contributed by atoms with van der Waals surface area (Å²) in [6, 6.07) is 5.43. The zero-order valence-electron chi connectivity index (χ0n) is 12.9. The van der Waals surface area contributed by atoms with Gasteiger partial charge in [0.25, 0.3) is 11.8 Å². The van der Waals surface area contributed by atoms with E-state index >= 15 is 0 Å². The highest BCUT2D eigenvalue weighted by atomic mass is 16.2. The quantitative estimate of drug-likeness (QED) is 0.790. The van der Waals surface area contributed by atoms with E-state index in [2.05, 4.69) is 18.7 Å². The van der Waals surface area contributed by atoms with Gasteiger partial charge in [-0.2, -0.15) is 0 Å². The largest absolute Gasteiger partial charge is 0.309 e. The fourth-order valence-electron chi connectivity index (χ4n) is 2.88. The molecule has 108 valence electrons. The minimum atomic E-state index is -0.170. The van der Waals surface area contributed by atoms with Gasteiger partial charge in [0, 0.05) is 13.1 Å². The predicted octanol–water partition coefficient (Wildman–Crippen LogP) is 2.18. The van der Waals surface area contributed by atoms with E-state index in [1.54, 1.807) is 12.1 Å². The van der Waals surface area contributed by atoms with Crippen molar-refractivity contribution in [2.24, 2.45) is 5.41 Å². The van der Waals surface area contributed by atoms with E-state index in [4.69, 9.17) is 0 Å². The van der Waals surface area contributed by atoms with Crippen LogP contribution < -0.4 is 0 Å². The molecule has 1 heterocycles. The van der Waals surface area contributed by atoms with E-state index in [1.807, 2.05) is 27.1 Å². The summed E-state index contributed by atoms with van der Waals surface area (Å²) in [6.07, 6.45) is 0. The minimum Gasteiger partial charge on any atom is -0.309 e. The molecule has 0 saturated heterocycles. The van der Waals surface area contributed by atoms with Crippen LogP contribution in [0.4, 0.5) is 0 Å². The van der Waals surface area contributed by atoms with Crippen LogP contribution in [0.3, 0.4) is 0 Å². The third-order valence-corrected chi connectivity index (χ3v) is 3.46. The predicted molar refractivity (Wildman–Crippen MR) is 78.9 cm³/mol. The molecular formula is C16H22N2O2. The normalized spacial score (nSPS) is 15.2. The van der Waals surface area contributed by atoms with Crippen LogP contribution in [0.25, 0.3) is 0 Å². The van der Waals surface area contributed by atoms with E-state index in [9.17, 15) is 9.59 Å². The minimum absolute atomic E-state index is 0.133. The highest BCUT2D eigenvalue weighted by Crippen LogP contribution is 2.28. The molecule has 0 aromatic heterocycles. The van der Waals surface area contributed by atoms with E-state index < -0.39 is 0 Å². The number of hydrogen-bond acceptors (Lipinski definition) is 3. The Morgan fingerprint density at radius 1 is 1.10 bits per heavy atom. The van der Waals surface area contributed by atoms with Gasteiger partial charge in [0.1, 0.15) is 0 Å². The molecule has 4 nitrogen and oxygen atoms in total. The molecule has 0 saturated carbocycles. The van der Waals surface area contributed by atoms with Gasteiger partial charge in [-0.1, -0.05) is 25.5 Å². The number of fused-ring (bicyclic) bond motifs is 1. The smallest absolute Gasteiger partial charge is 0.261 e. The van der Waals surface area contributed by atoms with Crippen molar-refractivity contribution in [1.29, 1.82) is 0 Å². The van der Waals surface area contributed by atoms with E-state index in [-0.39, 0.29) is 17.2 Å². The highest BCUT2D eigenvalue weighted by Gasteiger charge is 2.38. The number of carbonyl (C=O) groups is 2. The maximum atomic E-state index is 12.4. The maximum absolute atomic E-state index is 12.4. The molecule has 0 spiro atoms. The standard InChI is InChI=1S/C16H22N2O2/c1-11-6-7-12-13(8-11)15(20)18(14(12)19)10-16(2,3)9-17(4)5/h6-8H,9-10H2,1-5H3. The van der Waals surface area contributed by atoms with Crippen LogP contribution in [0.5, 0.6) is 0 Å². The molecule has 2 amide bonds. The zero-order valence-corrected chi connectivity index (χ0v) is 12.9. The average Bonchev–Trinajstić information content (AvgIpc) is 2.52. The second-order valence-electron chi connectivity index (χ2n) is 6.65. The molecule has 0 aliphatic carbocycles. The van der Waals surface area contributed by atoms with Crippen LogP contribution in [-0.2, 0) is 0 Å². The lowest BCUT2D eigenvalue weighted by molar-refractivity contribution is 0.0570. The number of benzene rings is 1. The Bertz CT molecular complexity index is 562. The maximum Gasteiger partial charge on any atom is 0.261 e. The third-order valence-electron chi connectivity index (χ3n) is 3.46. The Kier molecular flexibility index (Phi) is 3.69. The van der Waals surface area contributed by atoms with Crippen molar-refractivity contribution in [3.63, 3.8) is 0 Å². The molecular weight excluding hydrogens is 252 g/mol. The van der Waals surface area contributed by atoms with Gasteiger partial charge in [0.05, 0.1) is 11.1 Å². The van der Waals surface area contributed by atoms with Crippen LogP contribution in [0.1, 0.15) is 40.1 Å². The summed E-state index contributed by atoms with van der Waals surface area (Å²) < 4.78 is 0. The number of rotatable bonds is 4. The van der Waals surface area contributed by atoms with Gasteiger partial charge in [-0.3, -0.25) is 14.5 Å². The van der Waals surface area contributed by atoms with Crippen molar-refractivity contribution in [2.75, 3.05) is 27.2 Å². The fourth-order valence-corrected chi connectivity index (χ4v) is 2.88. The average molecular weight is 274 g/mol. The molecule has 0 unspecified atom stereocenters. The highest BCUT2D eigenvalue weighted by molar-refractivity contribution is 6.21. The molecule has 0 bridgehead atoms. The number of amides is 2. The lowest BCUT2D eigenvalue weighted by Crippen LogP contribution is -2.42. The van der Waals surface area contributed by atoms with Crippen molar-refractivity contribution < 1.29 is 9.59 Å². The van der Waals surface area contributed by atoms with Crippen LogP contribution in [-0.4, -0.2) is 48.8 Å². The molecule has 0 N–H and O–H groups in total. The van der Waals surface area contributed by atoms with Gasteiger partial charge in [-0.05, 0) is 38.6 Å². The van der Waals surface area contributed by atoms with Crippen LogP contribution in [0, 0.1) is 12.3 Å². The van der Waals surface area contributed by atoms with Crippen LogP contribution >= 0.6 is 0 Å². The van der Waals surface area contributed by atoms with Crippen molar-refractivity contribution in [3.05, 3.63) is 34.9 Å². The molecule has 1 aliphatic heterocycles. The first-order valence-electron chi connectivity index (χ1n) is 6.83. The van der Waals surface area contributed by atoms with Crippen molar-refractivity contribution in [2.45, 2.75) is 20.8 Å². The number of nitrogens with zero attached hydrogens (tertiary/aromatic N) is 2. The van der Waals surface area contributed by atoms with Crippen LogP contribution in [0.2, 0.25) is 0 Å². The zero-order chi connectivity index (χ0) is 15.1. The van der Waals surface area contributed by atoms with E-state index in [0.29, 0.717) is 17.7 Å². The van der Waals surface area contributed by atoms with Gasteiger partial charge in [0.15, 0.2) is 0 Å². The third kappa shape index (κ3) is 2.75. The first kappa shape index (κ1) is 14.7. The lowest BCUT2D eigenvalue weighted by atomic mass is 9.92. The summed E-state index contributed by atoms with van der Waals surface area (Å²) in [6.45, 7) is 7.33. The van der Waals surface area contributed by atoms with E-state index in [1.165, 1.54) is 4.90 Å². The lowest BCUT2D eigenvalue weighted by Gasteiger charge is -2.31. The van der Waals surface area contributed by atoms with Gasteiger partial charge in [0.2, 0.25) is 0 Å². The Hall–Kier alpha value is -1.68. The van der Waals surface area contributed by atoms with Crippen molar-refractivity contribution in [1.82, 2.24) is 9.80 Å². The first-order valence-corrected chi connectivity index (χ1v) is 6.83. The second kappa shape index (κ2) is 5.02. The number of hydrogen-bond donors (Lipinski definition) is 0. The van der Waals surface area contributed by atoms with Gasteiger partial charge in [-0.15, -0.1) is 0 Å². The first-order chi connectivity index (χ1) is 9.21. The Morgan fingerprint density at radius 3 is 2.30 bits per heavy atom. The summed E-state index contributed by atoms with van der Waals surface area (Å²) in [5, 5.41) is 0. The molecule has 1 aliphatic rings. The van der Waals surface area contributed by atoms with Gasteiger partial charge in [-0.25, -0.2) is 0 Å². The van der Waals surface area contributed by atoms with Crippen molar-refractivity contribution in [3.8, 4) is 0 Å². The SMILES string of the molecule is Cc1ccc2c(c1)C(=O)N(CC(C)(C)CN(C)C)C2=O. The molecule has 0 fully saturated rings. The molecule has 1 aromatic rings. The van der Waals surface area contributed by atoms with Gasteiger partial charge < -0.3 is 4.90 Å². The summed E-state index contributed by atoms with van der Waals surface area (Å²) >= 11 is 0. The molecule has 4 heteroatoms. The second-order valence-corrected chi connectivity index (χ2v) is 6.65. The monoisotopic (exact) mass is 274 g/mol. The summed E-state index contributed by atoms with van der Waals surface area (Å²) in [5.41, 5.74) is 1.93. The van der Waals surface area contributed by atoms with Crippen LogP contribution in [0.15, 0.2) is 18.2 Å². The molecule has 2 rings (SSSR count). The Morgan fingerprint density at radius 2 is 1.70 bits per heavy atom. The topological polar surface area (TPSA) is 40.6 Å². The van der Waals surface area contributed by atoms with E-state index in [0.717, 1.165) is 12.1 Å². The van der Waals surface area contributed by atoms with Gasteiger partial charge >= 0.3 is 0 Å². The Labute approximate surface area is 120 Å². The molecule has 0 atom stereocenters. The number of aryl methyl sites for hydroxylation is 1.